The summed E-state index contributed by atoms with van der Waals surface area (Å²) in [5.41, 5.74) is 0.787. The first-order chi connectivity index (χ1) is 12.1. The van der Waals surface area contributed by atoms with Crippen LogP contribution < -0.4 is 14.4 Å². The maximum Gasteiger partial charge on any atom is 0.266 e. The lowest BCUT2D eigenvalue weighted by Gasteiger charge is -2.17. The molecule has 0 saturated heterocycles. The quantitative estimate of drug-likeness (QED) is 0.640. The average molecular weight is 377 g/mol. The first kappa shape index (κ1) is 17.5. The molecule has 0 atom stereocenters. The molecule has 0 radical (unpaired) electrons. The third kappa shape index (κ3) is 4.03. The Balaban J connectivity index is 1.71. The van der Waals surface area contributed by atoms with Crippen LogP contribution in [-0.2, 0) is 4.79 Å². The minimum Gasteiger partial charge on any atom is -0.497 e. The van der Waals surface area contributed by atoms with Crippen LogP contribution in [-0.4, -0.2) is 31.2 Å². The van der Waals surface area contributed by atoms with E-state index in [0.29, 0.717) is 22.4 Å². The van der Waals surface area contributed by atoms with Crippen LogP contribution in [0.1, 0.15) is 6.92 Å². The Morgan fingerprint density at radius 3 is 2.60 bits per heavy atom. The summed E-state index contributed by atoms with van der Waals surface area (Å²) in [7, 11) is 1.60. The van der Waals surface area contributed by atoms with Crippen LogP contribution in [0, 0.1) is 0 Å². The molecule has 7 heteroatoms. The molecule has 0 N–H and O–H groups in total. The number of likely N-dealkylation sites (N-methyl/N-ethyl adjacent to an activating group) is 1. The molecule has 5 nitrogen and oxygen atoms in total. The fraction of sp³-hybridized carbons (Fsp3) is 0.222. The topological polar surface area (TPSA) is 51.7 Å². The molecule has 2 aromatic carbocycles. The van der Waals surface area contributed by atoms with Crippen molar-refractivity contribution in [2.75, 3.05) is 25.2 Å². The van der Waals surface area contributed by atoms with Crippen LogP contribution in [0.15, 0.2) is 42.5 Å². The number of rotatable bonds is 6. The number of hydrogen-bond acceptors (Lipinski definition) is 5. The van der Waals surface area contributed by atoms with Crippen LogP contribution in [0.2, 0.25) is 5.02 Å². The number of carbonyl (C=O) groups excluding carboxylic acids is 1. The number of anilines is 1. The van der Waals surface area contributed by atoms with E-state index in [-0.39, 0.29) is 12.5 Å². The molecule has 3 aromatic rings. The zero-order chi connectivity index (χ0) is 17.8. The van der Waals surface area contributed by atoms with Crippen molar-refractivity contribution in [2.45, 2.75) is 6.92 Å². The number of thiazole rings is 1. The summed E-state index contributed by atoms with van der Waals surface area (Å²) in [6.45, 7) is 2.36. The van der Waals surface area contributed by atoms with E-state index in [4.69, 9.17) is 21.1 Å². The molecular weight excluding hydrogens is 360 g/mol. The standard InChI is InChI=1S/C18H17ClN2O3S/c1-3-21(18-20-15-10-12(19)4-9-16(15)25-18)17(22)11-24-14-7-5-13(23-2)6-8-14/h4-10H,3,11H2,1-2H3. The van der Waals surface area contributed by atoms with Crippen molar-refractivity contribution >= 4 is 44.2 Å². The first-order valence-electron chi connectivity index (χ1n) is 7.74. The molecule has 0 aliphatic carbocycles. The van der Waals surface area contributed by atoms with Gasteiger partial charge in [0.15, 0.2) is 11.7 Å². The molecule has 0 unspecified atom stereocenters. The van der Waals surface area contributed by atoms with Gasteiger partial charge in [0.2, 0.25) is 0 Å². The molecular formula is C18H17ClN2O3S. The van der Waals surface area contributed by atoms with E-state index in [9.17, 15) is 4.79 Å². The monoisotopic (exact) mass is 376 g/mol. The SMILES string of the molecule is CCN(C(=O)COc1ccc(OC)cc1)c1nc2cc(Cl)ccc2s1. The highest BCUT2D eigenvalue weighted by atomic mass is 35.5. The molecule has 3 rings (SSSR count). The van der Waals surface area contributed by atoms with Gasteiger partial charge in [0.05, 0.1) is 17.3 Å². The Morgan fingerprint density at radius 2 is 1.92 bits per heavy atom. The highest BCUT2D eigenvalue weighted by Gasteiger charge is 2.18. The predicted molar refractivity (Wildman–Crippen MR) is 101 cm³/mol. The molecule has 0 saturated carbocycles. The van der Waals surface area contributed by atoms with Crippen LogP contribution in [0.25, 0.3) is 10.2 Å². The number of halogens is 1. The normalized spacial score (nSPS) is 10.7. The Kier molecular flexibility index (Phi) is 5.40. The number of fused-ring (bicyclic) bond motifs is 1. The molecule has 1 amide bonds. The van der Waals surface area contributed by atoms with E-state index in [0.717, 1.165) is 16.0 Å². The Hall–Kier alpha value is -2.31. The van der Waals surface area contributed by atoms with Gasteiger partial charge in [-0.05, 0) is 49.4 Å². The summed E-state index contributed by atoms with van der Waals surface area (Å²) in [6, 6.07) is 12.6. The van der Waals surface area contributed by atoms with Gasteiger partial charge in [-0.3, -0.25) is 9.69 Å². The second-order valence-electron chi connectivity index (χ2n) is 5.21. The van der Waals surface area contributed by atoms with Gasteiger partial charge < -0.3 is 9.47 Å². The molecule has 0 spiro atoms. The van der Waals surface area contributed by atoms with E-state index >= 15 is 0 Å². The minimum absolute atomic E-state index is 0.0587. The molecule has 25 heavy (non-hydrogen) atoms. The summed E-state index contributed by atoms with van der Waals surface area (Å²) in [4.78, 5) is 18.7. The lowest BCUT2D eigenvalue weighted by atomic mass is 10.3. The highest BCUT2D eigenvalue weighted by Crippen LogP contribution is 2.30. The van der Waals surface area contributed by atoms with Gasteiger partial charge in [0.25, 0.3) is 5.91 Å². The zero-order valence-corrected chi connectivity index (χ0v) is 15.4. The Bertz CT molecular complexity index is 880. The number of carbonyl (C=O) groups is 1. The van der Waals surface area contributed by atoms with E-state index in [1.807, 2.05) is 19.1 Å². The number of aromatic nitrogens is 1. The van der Waals surface area contributed by atoms with E-state index in [1.165, 1.54) is 11.3 Å². The minimum atomic E-state index is -0.150. The predicted octanol–water partition coefficient (Wildman–Crippen LogP) is 4.39. The lowest BCUT2D eigenvalue weighted by molar-refractivity contribution is -0.120. The van der Waals surface area contributed by atoms with Crippen LogP contribution in [0.5, 0.6) is 11.5 Å². The van der Waals surface area contributed by atoms with Gasteiger partial charge in [0.1, 0.15) is 11.5 Å². The van der Waals surface area contributed by atoms with Gasteiger partial charge >= 0.3 is 0 Å². The van der Waals surface area contributed by atoms with Crippen molar-refractivity contribution in [3.8, 4) is 11.5 Å². The number of methoxy groups -OCH3 is 1. The van der Waals surface area contributed by atoms with Gasteiger partial charge in [-0.1, -0.05) is 22.9 Å². The second-order valence-corrected chi connectivity index (χ2v) is 6.66. The number of ether oxygens (including phenoxy) is 2. The third-order valence-corrected chi connectivity index (χ3v) is 4.90. The van der Waals surface area contributed by atoms with Crippen molar-refractivity contribution in [3.05, 3.63) is 47.5 Å². The van der Waals surface area contributed by atoms with Crippen LogP contribution in [0.3, 0.4) is 0 Å². The molecule has 1 aromatic heterocycles. The highest BCUT2D eigenvalue weighted by molar-refractivity contribution is 7.22. The van der Waals surface area contributed by atoms with Gasteiger partial charge in [-0.25, -0.2) is 4.98 Å². The van der Waals surface area contributed by atoms with Gasteiger partial charge in [0, 0.05) is 11.6 Å². The fourth-order valence-corrected chi connectivity index (χ4v) is 3.51. The summed E-state index contributed by atoms with van der Waals surface area (Å²) in [5.74, 6) is 1.20. The third-order valence-electron chi connectivity index (χ3n) is 3.61. The second kappa shape index (κ2) is 7.72. The molecule has 0 aliphatic heterocycles. The van der Waals surface area contributed by atoms with Crippen molar-refractivity contribution in [1.29, 1.82) is 0 Å². The van der Waals surface area contributed by atoms with E-state index < -0.39 is 0 Å². The van der Waals surface area contributed by atoms with Crippen molar-refractivity contribution in [3.63, 3.8) is 0 Å². The number of amides is 1. The molecule has 1 heterocycles. The smallest absolute Gasteiger partial charge is 0.266 e. The van der Waals surface area contributed by atoms with Crippen molar-refractivity contribution < 1.29 is 14.3 Å². The molecule has 0 aliphatic rings. The summed E-state index contributed by atoms with van der Waals surface area (Å²) < 4.78 is 11.7. The summed E-state index contributed by atoms with van der Waals surface area (Å²) in [5, 5.41) is 1.27. The largest absolute Gasteiger partial charge is 0.497 e. The van der Waals surface area contributed by atoms with Crippen molar-refractivity contribution in [1.82, 2.24) is 4.98 Å². The Morgan fingerprint density at radius 1 is 1.20 bits per heavy atom. The average Bonchev–Trinajstić information content (AvgIpc) is 3.03. The van der Waals surface area contributed by atoms with E-state index in [2.05, 4.69) is 4.98 Å². The van der Waals surface area contributed by atoms with E-state index in [1.54, 1.807) is 42.3 Å². The summed E-state index contributed by atoms with van der Waals surface area (Å²) in [6.07, 6.45) is 0. The fourth-order valence-electron chi connectivity index (χ4n) is 2.32. The first-order valence-corrected chi connectivity index (χ1v) is 8.93. The van der Waals surface area contributed by atoms with Crippen LogP contribution >= 0.6 is 22.9 Å². The van der Waals surface area contributed by atoms with Crippen molar-refractivity contribution in [2.24, 2.45) is 0 Å². The molecule has 0 fully saturated rings. The molecule has 0 bridgehead atoms. The van der Waals surface area contributed by atoms with Gasteiger partial charge in [-0.2, -0.15) is 0 Å². The van der Waals surface area contributed by atoms with Gasteiger partial charge in [-0.15, -0.1) is 0 Å². The lowest BCUT2D eigenvalue weighted by Crippen LogP contribution is -2.34. The Labute approximate surface area is 154 Å². The maximum absolute atomic E-state index is 12.5. The maximum atomic E-state index is 12.5. The number of hydrogen-bond donors (Lipinski definition) is 0. The van der Waals surface area contributed by atoms with Crippen LogP contribution in [0.4, 0.5) is 5.13 Å². The number of benzene rings is 2. The molecule has 130 valence electrons. The summed E-state index contributed by atoms with van der Waals surface area (Å²) >= 11 is 7.46. The number of nitrogens with zero attached hydrogens (tertiary/aromatic N) is 2. The zero-order valence-electron chi connectivity index (χ0n) is 13.9.